The highest BCUT2D eigenvalue weighted by molar-refractivity contribution is 5.93. The molecule has 0 bridgehead atoms. The van der Waals surface area contributed by atoms with Crippen molar-refractivity contribution in [2.24, 2.45) is 5.73 Å². The lowest BCUT2D eigenvalue weighted by Crippen LogP contribution is -2.25. The number of hydrogen-bond acceptors (Lipinski definition) is 4. The largest absolute Gasteiger partial charge is 0.468 e. The fourth-order valence-corrected chi connectivity index (χ4v) is 1.33. The minimum Gasteiger partial charge on any atom is -0.468 e. The van der Waals surface area contributed by atoms with E-state index in [1.807, 2.05) is 0 Å². The van der Waals surface area contributed by atoms with Gasteiger partial charge in [-0.2, -0.15) is 13.2 Å². The Morgan fingerprint density at radius 3 is 2.57 bits per heavy atom. The summed E-state index contributed by atoms with van der Waals surface area (Å²) in [4.78, 5) is 15.3. The van der Waals surface area contributed by atoms with E-state index in [9.17, 15) is 18.0 Å². The Bertz CT molecular complexity index is 427. The number of unbranched alkanes of at least 4 members (excludes halogenated alkanes) is 1. The van der Waals surface area contributed by atoms with Gasteiger partial charge in [0, 0.05) is 18.8 Å². The maximum absolute atomic E-state index is 11.9. The first-order valence-corrected chi connectivity index (χ1v) is 6.06. The number of rotatable bonds is 7. The van der Waals surface area contributed by atoms with Gasteiger partial charge in [-0.15, -0.1) is 12.4 Å². The average molecular weight is 328 g/mol. The standard InChI is InChI=1S/C12H16F3N3O2.ClH/c13-12(14,15)8-20-10-4-3-9(7-18-10)11(19)17-6-2-1-5-16;/h3-4,7H,1-2,5-6,8,16H2,(H,17,19);1H. The van der Waals surface area contributed by atoms with Crippen LogP contribution in [0.2, 0.25) is 0 Å². The van der Waals surface area contributed by atoms with E-state index in [2.05, 4.69) is 15.0 Å². The van der Waals surface area contributed by atoms with E-state index in [4.69, 9.17) is 5.73 Å². The molecule has 0 unspecified atom stereocenters. The summed E-state index contributed by atoms with van der Waals surface area (Å²) < 4.78 is 40.2. The Kier molecular flexibility index (Phi) is 8.72. The third kappa shape index (κ3) is 8.36. The highest BCUT2D eigenvalue weighted by atomic mass is 35.5. The minimum absolute atomic E-state index is 0. The zero-order chi connectivity index (χ0) is 15.0. The van der Waals surface area contributed by atoms with Crippen molar-refractivity contribution in [1.82, 2.24) is 10.3 Å². The molecule has 0 atom stereocenters. The molecule has 3 N–H and O–H groups in total. The maximum Gasteiger partial charge on any atom is 0.422 e. The van der Waals surface area contributed by atoms with Gasteiger partial charge in [0.25, 0.3) is 5.91 Å². The smallest absolute Gasteiger partial charge is 0.422 e. The normalized spacial score (nSPS) is 10.7. The number of amides is 1. The van der Waals surface area contributed by atoms with E-state index < -0.39 is 12.8 Å². The molecule has 0 aliphatic rings. The van der Waals surface area contributed by atoms with Crippen molar-refractivity contribution in [2.45, 2.75) is 19.0 Å². The fraction of sp³-hybridized carbons (Fsp3) is 0.500. The molecule has 120 valence electrons. The number of nitrogens with two attached hydrogens (primary N) is 1. The fourth-order valence-electron chi connectivity index (χ4n) is 1.33. The van der Waals surface area contributed by atoms with Gasteiger partial charge >= 0.3 is 6.18 Å². The molecule has 0 aliphatic heterocycles. The Morgan fingerprint density at radius 2 is 2.05 bits per heavy atom. The second kappa shape index (κ2) is 9.41. The predicted molar refractivity (Wildman–Crippen MR) is 73.7 cm³/mol. The van der Waals surface area contributed by atoms with Crippen LogP contribution in [0.3, 0.4) is 0 Å². The molecule has 1 heterocycles. The van der Waals surface area contributed by atoms with E-state index in [1.54, 1.807) is 0 Å². The van der Waals surface area contributed by atoms with Crippen molar-refractivity contribution >= 4 is 18.3 Å². The Balaban J connectivity index is 0.00000400. The molecule has 0 radical (unpaired) electrons. The molecule has 1 aromatic rings. The van der Waals surface area contributed by atoms with Gasteiger partial charge in [-0.25, -0.2) is 4.98 Å². The van der Waals surface area contributed by atoms with Crippen LogP contribution in [0.1, 0.15) is 23.2 Å². The first-order valence-electron chi connectivity index (χ1n) is 6.06. The van der Waals surface area contributed by atoms with Crippen molar-refractivity contribution in [2.75, 3.05) is 19.7 Å². The Labute approximate surface area is 126 Å². The topological polar surface area (TPSA) is 77.2 Å². The highest BCUT2D eigenvalue weighted by Crippen LogP contribution is 2.16. The number of aromatic nitrogens is 1. The second-order valence-corrected chi connectivity index (χ2v) is 4.04. The molecule has 0 saturated carbocycles. The lowest BCUT2D eigenvalue weighted by molar-refractivity contribution is -0.154. The number of hydrogen-bond donors (Lipinski definition) is 2. The van der Waals surface area contributed by atoms with Crippen molar-refractivity contribution < 1.29 is 22.7 Å². The van der Waals surface area contributed by atoms with Crippen molar-refractivity contribution in [3.8, 4) is 5.88 Å². The summed E-state index contributed by atoms with van der Waals surface area (Å²) in [6.45, 7) is -0.365. The van der Waals surface area contributed by atoms with Gasteiger partial charge in [0.1, 0.15) is 0 Å². The molecule has 1 rings (SSSR count). The summed E-state index contributed by atoms with van der Waals surface area (Å²) in [5.74, 6) is -0.515. The molecule has 1 aromatic heterocycles. The van der Waals surface area contributed by atoms with Crippen LogP contribution in [-0.4, -0.2) is 36.8 Å². The van der Waals surface area contributed by atoms with Gasteiger partial charge in [0.15, 0.2) is 6.61 Å². The number of halogens is 4. The van der Waals surface area contributed by atoms with Gasteiger partial charge in [0.2, 0.25) is 5.88 Å². The summed E-state index contributed by atoms with van der Waals surface area (Å²) >= 11 is 0. The summed E-state index contributed by atoms with van der Waals surface area (Å²) in [5.41, 5.74) is 5.58. The van der Waals surface area contributed by atoms with Crippen LogP contribution in [-0.2, 0) is 0 Å². The molecular formula is C12H17ClF3N3O2. The minimum atomic E-state index is -4.42. The number of nitrogens with one attached hydrogen (secondary N) is 1. The van der Waals surface area contributed by atoms with Crippen LogP contribution in [0.15, 0.2) is 18.3 Å². The molecule has 0 aliphatic carbocycles. The van der Waals surface area contributed by atoms with E-state index in [0.717, 1.165) is 12.8 Å². The van der Waals surface area contributed by atoms with Crippen LogP contribution in [0.25, 0.3) is 0 Å². The highest BCUT2D eigenvalue weighted by Gasteiger charge is 2.28. The zero-order valence-corrected chi connectivity index (χ0v) is 12.0. The van der Waals surface area contributed by atoms with E-state index in [-0.39, 0.29) is 29.8 Å². The summed E-state index contributed by atoms with van der Waals surface area (Å²) in [6.07, 6.45) is -1.67. The molecule has 1 amide bonds. The van der Waals surface area contributed by atoms with Crippen molar-refractivity contribution in [3.05, 3.63) is 23.9 Å². The van der Waals surface area contributed by atoms with Crippen LogP contribution >= 0.6 is 12.4 Å². The van der Waals surface area contributed by atoms with Gasteiger partial charge in [-0.3, -0.25) is 4.79 Å². The number of carbonyl (C=O) groups is 1. The number of nitrogens with zero attached hydrogens (tertiary/aromatic N) is 1. The third-order valence-electron chi connectivity index (χ3n) is 2.30. The Hall–Kier alpha value is -1.54. The lowest BCUT2D eigenvalue weighted by atomic mass is 10.2. The zero-order valence-electron chi connectivity index (χ0n) is 11.2. The molecule has 9 heteroatoms. The van der Waals surface area contributed by atoms with Crippen LogP contribution in [0, 0.1) is 0 Å². The molecular weight excluding hydrogens is 311 g/mol. The van der Waals surface area contributed by atoms with Gasteiger partial charge in [-0.1, -0.05) is 0 Å². The Morgan fingerprint density at radius 1 is 1.33 bits per heavy atom. The van der Waals surface area contributed by atoms with E-state index in [1.165, 1.54) is 18.3 Å². The molecule has 0 spiro atoms. The van der Waals surface area contributed by atoms with Crippen LogP contribution in [0.5, 0.6) is 5.88 Å². The molecule has 0 aromatic carbocycles. The predicted octanol–water partition coefficient (Wildman–Crippen LogP) is 1.91. The molecule has 5 nitrogen and oxygen atoms in total. The summed E-state index contributed by atoms with van der Waals surface area (Å²) in [5, 5.41) is 2.65. The SMILES string of the molecule is Cl.NCCCCNC(=O)c1ccc(OCC(F)(F)F)nc1. The number of pyridine rings is 1. The molecule has 0 fully saturated rings. The number of ether oxygens (including phenoxy) is 1. The first-order chi connectivity index (χ1) is 9.42. The van der Waals surface area contributed by atoms with Crippen molar-refractivity contribution in [3.63, 3.8) is 0 Å². The lowest BCUT2D eigenvalue weighted by Gasteiger charge is -2.08. The summed E-state index contributed by atoms with van der Waals surface area (Å²) in [7, 11) is 0. The van der Waals surface area contributed by atoms with Gasteiger partial charge in [-0.05, 0) is 25.5 Å². The van der Waals surface area contributed by atoms with E-state index >= 15 is 0 Å². The number of alkyl halides is 3. The average Bonchev–Trinajstić information content (AvgIpc) is 2.41. The van der Waals surface area contributed by atoms with Crippen molar-refractivity contribution in [1.29, 1.82) is 0 Å². The van der Waals surface area contributed by atoms with Gasteiger partial charge in [0.05, 0.1) is 5.56 Å². The maximum atomic E-state index is 11.9. The quantitative estimate of drug-likeness (QED) is 0.750. The summed E-state index contributed by atoms with van der Waals surface area (Å²) in [6, 6.07) is 2.58. The third-order valence-corrected chi connectivity index (χ3v) is 2.30. The van der Waals surface area contributed by atoms with Crippen LogP contribution in [0.4, 0.5) is 13.2 Å². The molecule has 21 heavy (non-hydrogen) atoms. The molecule has 0 saturated heterocycles. The van der Waals surface area contributed by atoms with Crippen LogP contribution < -0.4 is 15.8 Å². The second-order valence-electron chi connectivity index (χ2n) is 4.04. The van der Waals surface area contributed by atoms with Gasteiger partial charge < -0.3 is 15.8 Å². The first kappa shape index (κ1) is 19.5. The van der Waals surface area contributed by atoms with E-state index in [0.29, 0.717) is 13.1 Å². The number of carbonyl (C=O) groups excluding carboxylic acids is 1. The monoisotopic (exact) mass is 327 g/mol.